The Balaban J connectivity index is 5.01. The summed E-state index contributed by atoms with van der Waals surface area (Å²) in [5.41, 5.74) is 0. The van der Waals surface area contributed by atoms with Crippen LogP contribution in [0.5, 0.6) is 0 Å². The number of carboxylic acids is 1. The van der Waals surface area contributed by atoms with Crippen LogP contribution < -0.4 is 0 Å². The summed E-state index contributed by atoms with van der Waals surface area (Å²) in [4.78, 5) is 44.4. The van der Waals surface area contributed by atoms with Crippen LogP contribution in [0.1, 0.15) is 52.4 Å². The van der Waals surface area contributed by atoms with Crippen LogP contribution in [0.2, 0.25) is 0 Å². The molecule has 0 rings (SSSR count). The van der Waals surface area contributed by atoms with Crippen molar-refractivity contribution >= 4 is 23.9 Å². The van der Waals surface area contributed by atoms with E-state index in [-0.39, 0.29) is 19.3 Å². The first-order valence-corrected chi connectivity index (χ1v) is 9.03. The average molecular weight is 468 g/mol. The Kier molecular flexibility index (Phi) is 11.3. The maximum Gasteiger partial charge on any atom is 0.491 e. The standard InChI is InChI=1S/C17H22F6O8/c1-9(29-14(27)16(18,19)20)11(7-5-3-4-6-8-12(24)25)13(26)30-10(2)31-15(28)17(21,22)23/h9-11H,3-8H2,1-2H3,(H,24,25). The van der Waals surface area contributed by atoms with E-state index >= 15 is 0 Å². The van der Waals surface area contributed by atoms with E-state index in [1.807, 2.05) is 0 Å². The summed E-state index contributed by atoms with van der Waals surface area (Å²) in [6, 6.07) is 0. The molecule has 0 aromatic heterocycles. The molecule has 8 nitrogen and oxygen atoms in total. The van der Waals surface area contributed by atoms with E-state index in [0.717, 1.165) is 13.8 Å². The van der Waals surface area contributed by atoms with Gasteiger partial charge < -0.3 is 19.3 Å². The zero-order chi connectivity index (χ0) is 24.4. The lowest BCUT2D eigenvalue weighted by Crippen LogP contribution is -2.38. The van der Waals surface area contributed by atoms with Crippen molar-refractivity contribution in [3.05, 3.63) is 0 Å². The van der Waals surface area contributed by atoms with Crippen LogP contribution >= 0.6 is 0 Å². The van der Waals surface area contributed by atoms with Gasteiger partial charge in [-0.2, -0.15) is 26.3 Å². The summed E-state index contributed by atoms with van der Waals surface area (Å²) >= 11 is 0. The molecule has 14 heteroatoms. The second kappa shape index (κ2) is 12.3. The smallest absolute Gasteiger partial charge is 0.481 e. The molecule has 0 saturated heterocycles. The van der Waals surface area contributed by atoms with Gasteiger partial charge >= 0.3 is 36.2 Å². The van der Waals surface area contributed by atoms with Crippen molar-refractivity contribution < 1.29 is 64.8 Å². The van der Waals surface area contributed by atoms with Crippen LogP contribution in [0.25, 0.3) is 0 Å². The number of hydrogen-bond acceptors (Lipinski definition) is 7. The molecule has 0 fully saturated rings. The molecule has 31 heavy (non-hydrogen) atoms. The number of hydrogen-bond donors (Lipinski definition) is 1. The van der Waals surface area contributed by atoms with Crippen LogP contribution in [0.4, 0.5) is 26.3 Å². The Labute approximate surface area is 172 Å². The number of unbranched alkanes of at least 4 members (excludes halogenated alkanes) is 3. The average Bonchev–Trinajstić information content (AvgIpc) is 2.58. The predicted molar refractivity (Wildman–Crippen MR) is 88.1 cm³/mol. The molecule has 0 spiro atoms. The number of carbonyl (C=O) groups is 4. The minimum absolute atomic E-state index is 0.104. The van der Waals surface area contributed by atoms with Gasteiger partial charge in [-0.1, -0.05) is 19.3 Å². The lowest BCUT2D eigenvalue weighted by molar-refractivity contribution is -0.225. The summed E-state index contributed by atoms with van der Waals surface area (Å²) in [6.07, 6.45) is -13.4. The molecule has 0 aliphatic heterocycles. The summed E-state index contributed by atoms with van der Waals surface area (Å²) in [5.74, 6) is -9.07. The quantitative estimate of drug-likeness (QED) is 0.200. The van der Waals surface area contributed by atoms with Crippen LogP contribution in [0.3, 0.4) is 0 Å². The molecule has 0 aliphatic rings. The number of esters is 3. The Morgan fingerprint density at radius 3 is 1.74 bits per heavy atom. The monoisotopic (exact) mass is 468 g/mol. The van der Waals surface area contributed by atoms with Crippen molar-refractivity contribution in [2.75, 3.05) is 0 Å². The van der Waals surface area contributed by atoms with Gasteiger partial charge in [0.05, 0.1) is 5.92 Å². The summed E-state index contributed by atoms with van der Waals surface area (Å²) in [6.45, 7) is 1.75. The fraction of sp³-hybridized carbons (Fsp3) is 0.765. The molecule has 3 atom stereocenters. The fourth-order valence-corrected chi connectivity index (χ4v) is 2.35. The summed E-state index contributed by atoms with van der Waals surface area (Å²) < 4.78 is 86.4. The van der Waals surface area contributed by atoms with Gasteiger partial charge in [0.25, 0.3) is 0 Å². The number of rotatable bonds is 12. The Morgan fingerprint density at radius 2 is 1.26 bits per heavy atom. The predicted octanol–water partition coefficient (Wildman–Crippen LogP) is 3.52. The van der Waals surface area contributed by atoms with Gasteiger partial charge in [-0.15, -0.1) is 0 Å². The van der Waals surface area contributed by atoms with Crippen LogP contribution in [0.15, 0.2) is 0 Å². The number of halogens is 6. The van der Waals surface area contributed by atoms with Gasteiger partial charge in [0, 0.05) is 13.3 Å². The van der Waals surface area contributed by atoms with E-state index in [0.29, 0.717) is 19.3 Å². The molecule has 0 amide bonds. The van der Waals surface area contributed by atoms with Crippen LogP contribution in [0, 0.1) is 5.92 Å². The van der Waals surface area contributed by atoms with Crippen molar-refractivity contribution in [2.45, 2.75) is 77.1 Å². The van der Waals surface area contributed by atoms with Gasteiger partial charge in [-0.3, -0.25) is 9.59 Å². The molecule has 0 bridgehead atoms. The van der Waals surface area contributed by atoms with Gasteiger partial charge in [-0.05, 0) is 19.8 Å². The number of aliphatic carboxylic acids is 1. The van der Waals surface area contributed by atoms with Gasteiger partial charge in [0.2, 0.25) is 6.29 Å². The second-order valence-corrected chi connectivity index (χ2v) is 6.47. The topological polar surface area (TPSA) is 116 Å². The largest absolute Gasteiger partial charge is 0.491 e. The maximum atomic E-state index is 12.4. The summed E-state index contributed by atoms with van der Waals surface area (Å²) in [7, 11) is 0. The maximum absolute atomic E-state index is 12.4. The lowest BCUT2D eigenvalue weighted by atomic mass is 9.95. The SMILES string of the molecule is CC(OC(=O)C(CCCCCCC(=O)O)C(C)OC(=O)C(F)(F)F)OC(=O)C(F)(F)F. The lowest BCUT2D eigenvalue weighted by Gasteiger charge is -2.24. The summed E-state index contributed by atoms with van der Waals surface area (Å²) in [5, 5.41) is 8.54. The van der Waals surface area contributed by atoms with E-state index < -0.39 is 54.5 Å². The van der Waals surface area contributed by atoms with Crippen molar-refractivity contribution in [1.82, 2.24) is 0 Å². The minimum Gasteiger partial charge on any atom is -0.481 e. The minimum atomic E-state index is -5.36. The highest BCUT2D eigenvalue weighted by atomic mass is 19.4. The molecule has 180 valence electrons. The number of carboxylic acid groups (broad SMARTS) is 1. The van der Waals surface area contributed by atoms with E-state index in [2.05, 4.69) is 14.2 Å². The van der Waals surface area contributed by atoms with Crippen LogP contribution in [-0.4, -0.2) is 53.7 Å². The molecule has 0 aromatic carbocycles. The van der Waals surface area contributed by atoms with E-state index in [1.54, 1.807) is 0 Å². The van der Waals surface area contributed by atoms with Crippen molar-refractivity contribution in [1.29, 1.82) is 0 Å². The molecule has 0 radical (unpaired) electrons. The van der Waals surface area contributed by atoms with Gasteiger partial charge in [-0.25, -0.2) is 9.59 Å². The molecule has 0 aromatic rings. The second-order valence-electron chi connectivity index (χ2n) is 6.47. The number of alkyl halides is 6. The third kappa shape index (κ3) is 12.0. The Bertz CT molecular complexity index is 631. The Hall–Kier alpha value is -2.54. The highest BCUT2D eigenvalue weighted by Crippen LogP contribution is 2.24. The van der Waals surface area contributed by atoms with Crippen molar-refractivity contribution in [2.24, 2.45) is 5.92 Å². The number of ether oxygens (including phenoxy) is 3. The number of carbonyl (C=O) groups excluding carboxylic acids is 3. The van der Waals surface area contributed by atoms with Crippen LogP contribution in [-0.2, 0) is 33.4 Å². The third-order valence-corrected chi connectivity index (χ3v) is 3.84. The van der Waals surface area contributed by atoms with E-state index in [9.17, 15) is 45.5 Å². The molecular weight excluding hydrogens is 446 g/mol. The van der Waals surface area contributed by atoms with E-state index in [4.69, 9.17) is 5.11 Å². The Morgan fingerprint density at radius 1 is 0.774 bits per heavy atom. The van der Waals surface area contributed by atoms with E-state index in [1.165, 1.54) is 0 Å². The van der Waals surface area contributed by atoms with Crippen molar-refractivity contribution in [3.63, 3.8) is 0 Å². The first-order valence-electron chi connectivity index (χ1n) is 9.03. The van der Waals surface area contributed by atoms with Gasteiger partial charge in [0.1, 0.15) is 6.10 Å². The normalized spacial score (nSPS) is 14.8. The highest BCUT2D eigenvalue weighted by molar-refractivity contribution is 5.78. The third-order valence-electron chi connectivity index (χ3n) is 3.84. The fourth-order valence-electron chi connectivity index (χ4n) is 2.35. The van der Waals surface area contributed by atoms with Crippen molar-refractivity contribution in [3.8, 4) is 0 Å². The zero-order valence-electron chi connectivity index (χ0n) is 16.5. The molecule has 3 unspecified atom stereocenters. The first-order chi connectivity index (χ1) is 14.1. The highest BCUT2D eigenvalue weighted by Gasteiger charge is 2.44. The zero-order valence-corrected chi connectivity index (χ0v) is 16.5. The van der Waals surface area contributed by atoms with Gasteiger partial charge in [0.15, 0.2) is 0 Å². The molecular formula is C17H22F6O8. The first kappa shape index (κ1) is 28.5. The molecule has 0 saturated carbocycles. The molecule has 1 N–H and O–H groups in total. The molecule has 0 aliphatic carbocycles. The molecule has 0 heterocycles.